The molecule has 0 aliphatic carbocycles. The molecule has 0 aliphatic heterocycles. The summed E-state index contributed by atoms with van der Waals surface area (Å²) < 4.78 is 11.6. The number of carbonyl (C=O) groups is 2. The Labute approximate surface area is 177 Å². The number of nitrogens with zero attached hydrogens (tertiary/aromatic N) is 1. The number of halogens is 1. The van der Waals surface area contributed by atoms with E-state index in [9.17, 15) is 9.59 Å². The maximum atomic E-state index is 12.5. The number of hydrogen-bond donors (Lipinski definition) is 1. The minimum atomic E-state index is -0.236. The van der Waals surface area contributed by atoms with Crippen LogP contribution in [0.1, 0.15) is 16.8 Å². The second-order valence-corrected chi connectivity index (χ2v) is 8.14. The molecule has 0 radical (unpaired) electrons. The number of methoxy groups -OCH3 is 2. The van der Waals surface area contributed by atoms with Crippen molar-refractivity contribution < 1.29 is 19.1 Å². The molecule has 6 nitrogen and oxygen atoms in total. The highest BCUT2D eigenvalue weighted by atomic mass is 79.9. The molecule has 0 bridgehead atoms. The number of carbonyl (C=O) groups excluding carboxylic acids is 2. The molecule has 0 fully saturated rings. The lowest BCUT2D eigenvalue weighted by molar-refractivity contribution is -0.115. The van der Waals surface area contributed by atoms with E-state index in [2.05, 4.69) is 21.2 Å². The molecule has 2 aromatic rings. The van der Waals surface area contributed by atoms with Crippen molar-refractivity contribution >= 4 is 45.2 Å². The predicted molar refractivity (Wildman–Crippen MR) is 116 cm³/mol. The van der Waals surface area contributed by atoms with Gasteiger partial charge in [0, 0.05) is 41.7 Å². The van der Waals surface area contributed by atoms with Crippen molar-refractivity contribution in [3.8, 4) is 11.5 Å². The first-order valence-electron chi connectivity index (χ1n) is 8.51. The average molecular weight is 467 g/mol. The lowest BCUT2D eigenvalue weighted by atomic mass is 10.1. The van der Waals surface area contributed by atoms with Crippen LogP contribution in [0.3, 0.4) is 0 Å². The highest BCUT2D eigenvalue weighted by molar-refractivity contribution is 9.10. The Bertz CT molecular complexity index is 841. The van der Waals surface area contributed by atoms with E-state index in [0.717, 1.165) is 9.37 Å². The fraction of sp³-hybridized carbons (Fsp3) is 0.300. The molecule has 0 saturated carbocycles. The van der Waals surface area contributed by atoms with Gasteiger partial charge >= 0.3 is 0 Å². The van der Waals surface area contributed by atoms with E-state index in [0.29, 0.717) is 34.9 Å². The maximum absolute atomic E-state index is 12.5. The Hall–Kier alpha value is -2.19. The number of nitrogens with one attached hydrogen (secondary N) is 1. The number of thioether (sulfide) groups is 1. The van der Waals surface area contributed by atoms with Crippen LogP contribution in [-0.2, 0) is 4.79 Å². The zero-order valence-electron chi connectivity index (χ0n) is 16.2. The highest BCUT2D eigenvalue weighted by Crippen LogP contribution is 2.34. The molecule has 2 amide bonds. The van der Waals surface area contributed by atoms with Crippen LogP contribution in [-0.4, -0.2) is 50.8 Å². The summed E-state index contributed by atoms with van der Waals surface area (Å²) in [6.45, 7) is 0. The Balaban J connectivity index is 2.10. The fourth-order valence-corrected chi connectivity index (χ4v) is 3.52. The van der Waals surface area contributed by atoms with Gasteiger partial charge in [-0.15, -0.1) is 11.8 Å². The van der Waals surface area contributed by atoms with Gasteiger partial charge in [0.1, 0.15) is 0 Å². The quantitative estimate of drug-likeness (QED) is 0.587. The highest BCUT2D eigenvalue weighted by Gasteiger charge is 2.19. The summed E-state index contributed by atoms with van der Waals surface area (Å²) in [5.41, 5.74) is 0.742. The van der Waals surface area contributed by atoms with E-state index in [1.807, 2.05) is 24.3 Å². The topological polar surface area (TPSA) is 67.9 Å². The van der Waals surface area contributed by atoms with Crippen LogP contribution in [0.15, 0.2) is 45.8 Å². The van der Waals surface area contributed by atoms with Crippen LogP contribution in [0.5, 0.6) is 11.5 Å². The summed E-state index contributed by atoms with van der Waals surface area (Å²) >= 11 is 5.00. The third kappa shape index (κ3) is 5.90. The van der Waals surface area contributed by atoms with Gasteiger partial charge in [0.25, 0.3) is 5.91 Å². The number of ether oxygens (including phenoxy) is 2. The second-order valence-electron chi connectivity index (χ2n) is 6.05. The van der Waals surface area contributed by atoms with Gasteiger partial charge in [-0.1, -0.05) is 15.9 Å². The Morgan fingerprint density at radius 1 is 1.07 bits per heavy atom. The minimum Gasteiger partial charge on any atom is -0.493 e. The number of rotatable bonds is 8. The summed E-state index contributed by atoms with van der Waals surface area (Å²) in [7, 11) is 6.31. The van der Waals surface area contributed by atoms with Crippen LogP contribution in [0, 0.1) is 0 Å². The molecule has 0 atom stereocenters. The van der Waals surface area contributed by atoms with Crippen LogP contribution in [0.4, 0.5) is 5.69 Å². The normalized spacial score (nSPS) is 10.3. The summed E-state index contributed by atoms with van der Waals surface area (Å²) in [4.78, 5) is 27.5. The van der Waals surface area contributed by atoms with Crippen molar-refractivity contribution in [2.75, 3.05) is 39.4 Å². The van der Waals surface area contributed by atoms with E-state index < -0.39 is 0 Å². The van der Waals surface area contributed by atoms with Crippen molar-refractivity contribution in [1.29, 1.82) is 0 Å². The van der Waals surface area contributed by atoms with Crippen molar-refractivity contribution in [1.82, 2.24) is 4.90 Å². The monoisotopic (exact) mass is 466 g/mol. The van der Waals surface area contributed by atoms with Gasteiger partial charge in [-0.3, -0.25) is 9.59 Å². The van der Waals surface area contributed by atoms with Gasteiger partial charge in [0.05, 0.1) is 25.5 Å². The molecule has 2 rings (SSSR count). The molecule has 0 unspecified atom stereocenters. The van der Waals surface area contributed by atoms with Gasteiger partial charge in [-0.05, 0) is 30.3 Å². The molecule has 28 heavy (non-hydrogen) atoms. The molecule has 0 saturated heterocycles. The lowest BCUT2D eigenvalue weighted by Crippen LogP contribution is -2.24. The molecule has 0 spiro atoms. The molecule has 150 valence electrons. The fourth-order valence-electron chi connectivity index (χ4n) is 2.41. The third-order valence-electron chi connectivity index (χ3n) is 3.85. The van der Waals surface area contributed by atoms with Crippen molar-refractivity contribution in [2.45, 2.75) is 11.3 Å². The van der Waals surface area contributed by atoms with Gasteiger partial charge in [0.2, 0.25) is 5.91 Å². The van der Waals surface area contributed by atoms with E-state index in [1.165, 1.54) is 19.1 Å². The zero-order valence-corrected chi connectivity index (χ0v) is 18.6. The molecular weight excluding hydrogens is 444 g/mol. The SMILES string of the molecule is COc1cc(NC(=O)CCSc2ccc(Br)cc2)c(C(=O)N(C)C)cc1OC. The molecule has 0 heterocycles. The van der Waals surface area contributed by atoms with Gasteiger partial charge in [-0.2, -0.15) is 0 Å². The predicted octanol–water partition coefficient (Wildman–Crippen LogP) is 4.29. The molecule has 8 heteroatoms. The zero-order chi connectivity index (χ0) is 20.7. The molecular formula is C20H23BrN2O4S. The Kier molecular flexibility index (Phi) is 8.19. The number of hydrogen-bond acceptors (Lipinski definition) is 5. The van der Waals surface area contributed by atoms with Gasteiger partial charge in [-0.25, -0.2) is 0 Å². The number of amides is 2. The summed E-state index contributed by atoms with van der Waals surface area (Å²) in [6.07, 6.45) is 0.310. The third-order valence-corrected chi connectivity index (χ3v) is 5.39. The largest absolute Gasteiger partial charge is 0.493 e. The van der Waals surface area contributed by atoms with Crippen LogP contribution >= 0.6 is 27.7 Å². The smallest absolute Gasteiger partial charge is 0.255 e. The molecule has 0 aromatic heterocycles. The first-order chi connectivity index (χ1) is 13.3. The molecule has 2 aromatic carbocycles. The molecule has 0 aliphatic rings. The van der Waals surface area contributed by atoms with Crippen molar-refractivity contribution in [2.24, 2.45) is 0 Å². The number of benzene rings is 2. The standard InChI is InChI=1S/C20H23BrN2O4S/c1-23(2)20(25)15-11-17(26-3)18(27-4)12-16(15)22-19(24)9-10-28-14-7-5-13(21)6-8-14/h5-8,11-12H,9-10H2,1-4H3,(H,22,24). The Morgan fingerprint density at radius 2 is 1.68 bits per heavy atom. The first-order valence-corrected chi connectivity index (χ1v) is 10.3. The van der Waals surface area contributed by atoms with Crippen molar-refractivity contribution in [3.63, 3.8) is 0 Å². The van der Waals surface area contributed by atoms with E-state index in [4.69, 9.17) is 9.47 Å². The van der Waals surface area contributed by atoms with E-state index >= 15 is 0 Å². The first kappa shape index (κ1) is 22.1. The average Bonchev–Trinajstić information content (AvgIpc) is 2.68. The van der Waals surface area contributed by atoms with Gasteiger partial charge in [0.15, 0.2) is 11.5 Å². The number of anilines is 1. The lowest BCUT2D eigenvalue weighted by Gasteiger charge is -2.18. The molecule has 1 N–H and O–H groups in total. The van der Waals surface area contributed by atoms with Crippen LogP contribution < -0.4 is 14.8 Å². The Morgan fingerprint density at radius 3 is 2.25 bits per heavy atom. The maximum Gasteiger partial charge on any atom is 0.255 e. The van der Waals surface area contributed by atoms with Crippen LogP contribution in [0.25, 0.3) is 0 Å². The van der Waals surface area contributed by atoms with Gasteiger partial charge < -0.3 is 19.7 Å². The van der Waals surface area contributed by atoms with E-state index in [-0.39, 0.29) is 11.8 Å². The summed E-state index contributed by atoms with van der Waals surface area (Å²) in [5, 5.41) is 2.82. The second kappa shape index (κ2) is 10.4. The summed E-state index contributed by atoms with van der Waals surface area (Å²) in [6, 6.07) is 11.1. The van der Waals surface area contributed by atoms with Crippen LogP contribution in [0.2, 0.25) is 0 Å². The van der Waals surface area contributed by atoms with E-state index in [1.54, 1.807) is 38.0 Å². The van der Waals surface area contributed by atoms with Crippen molar-refractivity contribution in [3.05, 3.63) is 46.4 Å². The summed E-state index contributed by atoms with van der Waals surface area (Å²) in [5.74, 6) is 1.08. The minimum absolute atomic E-state index is 0.176.